The van der Waals surface area contributed by atoms with Gasteiger partial charge in [0.05, 0.1) is 25.9 Å². The molecule has 1 aliphatic rings. The minimum absolute atomic E-state index is 0.0285. The van der Waals surface area contributed by atoms with E-state index in [0.29, 0.717) is 32.2 Å². The molecule has 2 amide bonds. The average Bonchev–Trinajstić information content (AvgIpc) is 2.69. The SMILES string of the molecule is C=C(C)COCCNC(=O)N1CC[C@@H](C)[C@@H]1CO. The molecular weight excluding hydrogens is 232 g/mol. The van der Waals surface area contributed by atoms with Crippen molar-refractivity contribution in [2.45, 2.75) is 26.3 Å². The van der Waals surface area contributed by atoms with Crippen LogP contribution >= 0.6 is 0 Å². The van der Waals surface area contributed by atoms with Crippen molar-refractivity contribution in [1.82, 2.24) is 10.2 Å². The highest BCUT2D eigenvalue weighted by Crippen LogP contribution is 2.23. The minimum Gasteiger partial charge on any atom is -0.394 e. The van der Waals surface area contributed by atoms with Crippen molar-refractivity contribution < 1.29 is 14.6 Å². The van der Waals surface area contributed by atoms with Crippen LogP contribution in [0.15, 0.2) is 12.2 Å². The summed E-state index contributed by atoms with van der Waals surface area (Å²) < 4.78 is 5.30. The molecule has 1 fully saturated rings. The molecule has 0 saturated carbocycles. The van der Waals surface area contributed by atoms with Gasteiger partial charge in [0, 0.05) is 13.1 Å². The first-order valence-electron chi connectivity index (χ1n) is 6.43. The zero-order chi connectivity index (χ0) is 13.5. The van der Waals surface area contributed by atoms with Crippen molar-refractivity contribution in [3.63, 3.8) is 0 Å². The number of nitrogens with zero attached hydrogens (tertiary/aromatic N) is 1. The zero-order valence-electron chi connectivity index (χ0n) is 11.3. The molecule has 1 saturated heterocycles. The molecule has 1 aliphatic heterocycles. The van der Waals surface area contributed by atoms with Gasteiger partial charge in [-0.25, -0.2) is 4.79 Å². The number of hydrogen-bond acceptors (Lipinski definition) is 3. The minimum atomic E-state index is -0.114. The fourth-order valence-electron chi connectivity index (χ4n) is 2.12. The van der Waals surface area contributed by atoms with Crippen LogP contribution < -0.4 is 5.32 Å². The number of aliphatic hydroxyl groups is 1. The Kier molecular flexibility index (Phi) is 6.15. The lowest BCUT2D eigenvalue weighted by molar-refractivity contribution is 0.134. The molecule has 0 aliphatic carbocycles. The number of amides is 2. The molecule has 0 bridgehead atoms. The Bertz CT molecular complexity index is 294. The van der Waals surface area contributed by atoms with Crippen LogP contribution in [0.2, 0.25) is 0 Å². The van der Waals surface area contributed by atoms with Gasteiger partial charge in [-0.3, -0.25) is 0 Å². The van der Waals surface area contributed by atoms with Gasteiger partial charge in [0.1, 0.15) is 0 Å². The Hall–Kier alpha value is -1.07. The summed E-state index contributed by atoms with van der Waals surface area (Å²) in [5.41, 5.74) is 0.968. The monoisotopic (exact) mass is 256 g/mol. The number of rotatable bonds is 6. The molecule has 18 heavy (non-hydrogen) atoms. The van der Waals surface area contributed by atoms with Crippen LogP contribution in [-0.2, 0) is 4.74 Å². The molecule has 0 radical (unpaired) electrons. The summed E-state index contributed by atoms with van der Waals surface area (Å²) in [6.45, 7) is 9.91. The largest absolute Gasteiger partial charge is 0.394 e. The lowest BCUT2D eigenvalue weighted by Gasteiger charge is -2.25. The van der Waals surface area contributed by atoms with E-state index < -0.39 is 0 Å². The second-order valence-electron chi connectivity index (χ2n) is 4.95. The first-order valence-corrected chi connectivity index (χ1v) is 6.43. The van der Waals surface area contributed by atoms with Crippen molar-refractivity contribution in [3.8, 4) is 0 Å². The van der Waals surface area contributed by atoms with Crippen LogP contribution in [0.5, 0.6) is 0 Å². The predicted molar refractivity (Wildman–Crippen MR) is 70.4 cm³/mol. The number of urea groups is 1. The van der Waals surface area contributed by atoms with Gasteiger partial charge in [-0.15, -0.1) is 0 Å². The third-order valence-electron chi connectivity index (χ3n) is 3.20. The number of nitrogens with one attached hydrogen (secondary N) is 1. The highest BCUT2D eigenvalue weighted by Gasteiger charge is 2.33. The molecule has 0 aromatic heterocycles. The summed E-state index contributed by atoms with van der Waals surface area (Å²) in [6, 6.07) is -0.168. The van der Waals surface area contributed by atoms with E-state index in [0.717, 1.165) is 12.0 Å². The Labute approximate surface area is 109 Å². The highest BCUT2D eigenvalue weighted by molar-refractivity contribution is 5.74. The van der Waals surface area contributed by atoms with E-state index in [9.17, 15) is 9.90 Å². The van der Waals surface area contributed by atoms with Gasteiger partial charge in [-0.2, -0.15) is 0 Å². The van der Waals surface area contributed by atoms with E-state index in [4.69, 9.17) is 4.74 Å². The van der Waals surface area contributed by atoms with Crippen LogP contribution in [0.1, 0.15) is 20.3 Å². The number of carbonyl (C=O) groups is 1. The fourth-order valence-corrected chi connectivity index (χ4v) is 2.12. The lowest BCUT2D eigenvalue weighted by atomic mass is 10.0. The number of aliphatic hydroxyl groups excluding tert-OH is 1. The van der Waals surface area contributed by atoms with Crippen molar-refractivity contribution in [2.24, 2.45) is 5.92 Å². The van der Waals surface area contributed by atoms with Gasteiger partial charge < -0.3 is 20.1 Å². The Balaban J connectivity index is 2.22. The molecule has 5 nitrogen and oxygen atoms in total. The summed E-state index contributed by atoms with van der Waals surface area (Å²) in [5, 5.41) is 12.1. The summed E-state index contributed by atoms with van der Waals surface area (Å²) >= 11 is 0. The normalized spacial score (nSPS) is 23.2. The highest BCUT2D eigenvalue weighted by atomic mass is 16.5. The number of carbonyl (C=O) groups excluding carboxylic acids is 1. The maximum absolute atomic E-state index is 11.9. The third-order valence-corrected chi connectivity index (χ3v) is 3.20. The summed E-state index contributed by atoms with van der Waals surface area (Å²) in [4.78, 5) is 13.6. The molecule has 0 unspecified atom stereocenters. The van der Waals surface area contributed by atoms with Crippen molar-refractivity contribution in [1.29, 1.82) is 0 Å². The second-order valence-corrected chi connectivity index (χ2v) is 4.95. The molecule has 2 N–H and O–H groups in total. The summed E-state index contributed by atoms with van der Waals surface area (Å²) in [6.07, 6.45) is 0.949. The van der Waals surface area contributed by atoms with Gasteiger partial charge in [0.15, 0.2) is 0 Å². The van der Waals surface area contributed by atoms with Crippen LogP contribution in [0.25, 0.3) is 0 Å². The van der Waals surface area contributed by atoms with Gasteiger partial charge in [-0.05, 0) is 19.3 Å². The van der Waals surface area contributed by atoms with Gasteiger partial charge in [0.25, 0.3) is 0 Å². The quantitative estimate of drug-likeness (QED) is 0.550. The molecule has 0 spiro atoms. The fraction of sp³-hybridized carbons (Fsp3) is 0.769. The molecule has 2 atom stereocenters. The van der Waals surface area contributed by atoms with E-state index >= 15 is 0 Å². The van der Waals surface area contributed by atoms with Gasteiger partial charge >= 0.3 is 6.03 Å². The Morgan fingerprint density at radius 1 is 1.61 bits per heavy atom. The molecule has 104 valence electrons. The number of hydrogen-bond donors (Lipinski definition) is 2. The third kappa shape index (κ3) is 4.31. The van der Waals surface area contributed by atoms with Crippen molar-refractivity contribution in [3.05, 3.63) is 12.2 Å². The number of likely N-dealkylation sites (tertiary alicyclic amines) is 1. The van der Waals surface area contributed by atoms with Crippen LogP contribution in [0.4, 0.5) is 4.79 Å². The maximum Gasteiger partial charge on any atom is 0.317 e. The lowest BCUT2D eigenvalue weighted by Crippen LogP contribution is -2.46. The summed E-state index contributed by atoms with van der Waals surface area (Å²) in [7, 11) is 0. The van der Waals surface area contributed by atoms with E-state index in [1.165, 1.54) is 0 Å². The van der Waals surface area contributed by atoms with Gasteiger partial charge in [-0.1, -0.05) is 19.1 Å². The molecule has 0 aromatic carbocycles. The number of ether oxygens (including phenoxy) is 1. The Morgan fingerprint density at radius 2 is 2.33 bits per heavy atom. The Morgan fingerprint density at radius 3 is 2.94 bits per heavy atom. The van der Waals surface area contributed by atoms with Crippen molar-refractivity contribution >= 4 is 6.03 Å². The molecule has 1 rings (SSSR count). The molecule has 0 aromatic rings. The first-order chi connectivity index (χ1) is 8.56. The molecule has 1 heterocycles. The van der Waals surface area contributed by atoms with Crippen LogP contribution in [-0.4, -0.2) is 55.0 Å². The van der Waals surface area contributed by atoms with E-state index in [1.807, 2.05) is 6.92 Å². The van der Waals surface area contributed by atoms with Crippen LogP contribution in [0, 0.1) is 5.92 Å². The van der Waals surface area contributed by atoms with Crippen LogP contribution in [0.3, 0.4) is 0 Å². The van der Waals surface area contributed by atoms with Crippen molar-refractivity contribution in [2.75, 3.05) is 32.9 Å². The molecular formula is C13H24N2O3. The van der Waals surface area contributed by atoms with E-state index in [1.54, 1.807) is 4.90 Å². The van der Waals surface area contributed by atoms with Gasteiger partial charge in [0.2, 0.25) is 0 Å². The second kappa shape index (κ2) is 7.38. The average molecular weight is 256 g/mol. The van der Waals surface area contributed by atoms with E-state index in [-0.39, 0.29) is 18.7 Å². The topological polar surface area (TPSA) is 61.8 Å². The standard InChI is InChI=1S/C13H24N2O3/c1-10(2)9-18-7-5-14-13(17)15-6-4-11(3)12(15)8-16/h11-12,16H,1,4-9H2,2-3H3,(H,14,17)/t11-,12+/m1/s1. The maximum atomic E-state index is 11.9. The van der Waals surface area contributed by atoms with E-state index in [2.05, 4.69) is 18.8 Å². The summed E-state index contributed by atoms with van der Waals surface area (Å²) in [5.74, 6) is 0.361. The first kappa shape index (κ1) is 15.0. The zero-order valence-corrected chi connectivity index (χ0v) is 11.3. The predicted octanol–water partition coefficient (Wildman–Crippen LogP) is 0.991. The smallest absolute Gasteiger partial charge is 0.317 e. The molecule has 5 heteroatoms.